The lowest BCUT2D eigenvalue weighted by Crippen LogP contribution is -2.53. The van der Waals surface area contributed by atoms with Gasteiger partial charge in [0.2, 0.25) is 5.91 Å². The number of carboxylic acid groups (broad SMARTS) is 1. The van der Waals surface area contributed by atoms with Crippen molar-refractivity contribution in [3.63, 3.8) is 0 Å². The van der Waals surface area contributed by atoms with Crippen LogP contribution in [-0.4, -0.2) is 69.3 Å². The van der Waals surface area contributed by atoms with Crippen LogP contribution in [0.15, 0.2) is 60.8 Å². The van der Waals surface area contributed by atoms with Gasteiger partial charge < -0.3 is 31.3 Å². The second kappa shape index (κ2) is 13.5. The summed E-state index contributed by atoms with van der Waals surface area (Å²) < 4.78 is 64.4. The molecule has 2 amide bonds. The van der Waals surface area contributed by atoms with Crippen molar-refractivity contribution in [3.05, 3.63) is 83.3 Å². The molecule has 0 bridgehead atoms. The van der Waals surface area contributed by atoms with Crippen LogP contribution in [0.1, 0.15) is 48.2 Å². The molecule has 3 aromatic carbocycles. The summed E-state index contributed by atoms with van der Waals surface area (Å²) in [5, 5.41) is 30.0. The SMILES string of the molecule is COc1ccc(F)cc1C(C)(C)CC(O)(CNc1cc(C)cc2c1cnn2-c1cccc(C(=O)N[C@@H](CC(=O)O)C(N)=O)c1)C(F)(F)F. The number of rotatable bonds is 13. The zero-order chi connectivity index (χ0) is 35.6. The van der Waals surface area contributed by atoms with E-state index in [4.69, 9.17) is 15.6 Å². The topological polar surface area (TPSA) is 169 Å². The highest BCUT2D eigenvalue weighted by Crippen LogP contribution is 2.44. The number of fused-ring (bicyclic) bond motifs is 1. The van der Waals surface area contributed by atoms with Crippen molar-refractivity contribution in [2.45, 2.75) is 56.8 Å². The molecule has 4 aromatic rings. The number of primary amides is 1. The Balaban J connectivity index is 1.65. The molecular formula is C33H35F4N5O6. The molecule has 0 aliphatic heterocycles. The number of carbonyl (C=O) groups is 3. The summed E-state index contributed by atoms with van der Waals surface area (Å²) in [4.78, 5) is 35.5. The van der Waals surface area contributed by atoms with Crippen molar-refractivity contribution in [1.29, 1.82) is 0 Å². The molecule has 48 heavy (non-hydrogen) atoms. The molecule has 1 unspecified atom stereocenters. The number of aliphatic carboxylic acids is 1. The molecular weight excluding hydrogens is 638 g/mol. The van der Waals surface area contributed by atoms with Gasteiger partial charge in [-0.1, -0.05) is 19.9 Å². The van der Waals surface area contributed by atoms with Crippen molar-refractivity contribution in [2.24, 2.45) is 5.73 Å². The molecule has 0 aliphatic carbocycles. The smallest absolute Gasteiger partial charge is 0.418 e. The predicted molar refractivity (Wildman–Crippen MR) is 169 cm³/mol. The van der Waals surface area contributed by atoms with E-state index in [1.54, 1.807) is 25.1 Å². The maximum atomic E-state index is 14.5. The van der Waals surface area contributed by atoms with Crippen LogP contribution in [0.4, 0.5) is 23.2 Å². The standard InChI is InChI=1S/C33H35F4N5O6/c1-18-10-24(39-17-32(47,33(35,36)37)16-31(2,3)23-13-20(34)8-9-27(23)48-4)22-15-40-42(26(22)11-18)21-7-5-6-19(12-21)30(46)41-25(29(38)45)14-28(43)44/h5-13,15,25,39,47H,14,16-17H2,1-4H3,(H2,38,45)(H,41,46)(H,43,44)/t25-,32?/m0/s1. The Hall–Kier alpha value is -5.18. The van der Waals surface area contributed by atoms with Crippen LogP contribution < -0.4 is 21.1 Å². The second-order valence-corrected chi connectivity index (χ2v) is 12.2. The zero-order valence-electron chi connectivity index (χ0n) is 26.5. The van der Waals surface area contributed by atoms with Crippen LogP contribution >= 0.6 is 0 Å². The molecule has 0 aliphatic rings. The first-order valence-corrected chi connectivity index (χ1v) is 14.6. The molecule has 2 atom stereocenters. The Morgan fingerprint density at radius 1 is 1.08 bits per heavy atom. The van der Waals surface area contributed by atoms with Crippen molar-refractivity contribution in [3.8, 4) is 11.4 Å². The summed E-state index contributed by atoms with van der Waals surface area (Å²) in [6.45, 7) is 3.69. The number of carbonyl (C=O) groups excluding carboxylic acids is 2. The molecule has 0 fully saturated rings. The van der Waals surface area contributed by atoms with Gasteiger partial charge in [0.25, 0.3) is 5.91 Å². The van der Waals surface area contributed by atoms with Gasteiger partial charge in [0.15, 0.2) is 5.60 Å². The highest BCUT2D eigenvalue weighted by molar-refractivity contribution is 5.99. The average Bonchev–Trinajstić information content (AvgIpc) is 3.42. The van der Waals surface area contributed by atoms with Gasteiger partial charge in [-0.15, -0.1) is 0 Å². The summed E-state index contributed by atoms with van der Waals surface area (Å²) in [7, 11) is 1.32. The fraction of sp³-hybridized carbons (Fsp3) is 0.333. The Morgan fingerprint density at radius 2 is 1.79 bits per heavy atom. The molecule has 1 aromatic heterocycles. The van der Waals surface area contributed by atoms with Gasteiger partial charge in [-0.3, -0.25) is 14.4 Å². The predicted octanol–water partition coefficient (Wildman–Crippen LogP) is 4.61. The molecule has 0 saturated heterocycles. The molecule has 0 saturated carbocycles. The summed E-state index contributed by atoms with van der Waals surface area (Å²) in [5.74, 6) is -3.60. The minimum Gasteiger partial charge on any atom is -0.496 e. The van der Waals surface area contributed by atoms with Crippen molar-refractivity contribution >= 4 is 34.4 Å². The molecule has 11 nitrogen and oxygen atoms in total. The Labute approximate surface area is 272 Å². The normalized spacial score (nSPS) is 13.9. The van der Waals surface area contributed by atoms with Gasteiger partial charge in [-0.25, -0.2) is 9.07 Å². The molecule has 6 N–H and O–H groups in total. The average molecular weight is 674 g/mol. The number of halogens is 4. The van der Waals surface area contributed by atoms with Gasteiger partial charge in [0.1, 0.15) is 17.6 Å². The number of aryl methyl sites for hydroxylation is 1. The van der Waals surface area contributed by atoms with Gasteiger partial charge in [0, 0.05) is 22.2 Å². The number of carboxylic acids is 1. The van der Waals surface area contributed by atoms with Crippen LogP contribution in [0.5, 0.6) is 5.75 Å². The third kappa shape index (κ3) is 7.68. The third-order valence-electron chi connectivity index (χ3n) is 7.94. The van der Waals surface area contributed by atoms with Crippen LogP contribution in [0.25, 0.3) is 16.6 Å². The number of hydrogen-bond acceptors (Lipinski definition) is 7. The molecule has 1 heterocycles. The number of ether oxygens (including phenoxy) is 1. The molecule has 15 heteroatoms. The number of benzene rings is 3. The first kappa shape index (κ1) is 35.7. The van der Waals surface area contributed by atoms with E-state index >= 15 is 0 Å². The van der Waals surface area contributed by atoms with Gasteiger partial charge in [-0.05, 0) is 72.9 Å². The zero-order valence-corrected chi connectivity index (χ0v) is 26.5. The number of aromatic nitrogens is 2. The fourth-order valence-corrected chi connectivity index (χ4v) is 5.58. The Bertz CT molecular complexity index is 1860. The van der Waals surface area contributed by atoms with Crippen LogP contribution in [0, 0.1) is 12.7 Å². The largest absolute Gasteiger partial charge is 0.496 e. The number of aliphatic hydroxyl groups is 1. The first-order chi connectivity index (χ1) is 22.3. The Kier molecular flexibility index (Phi) is 10.0. The van der Waals surface area contributed by atoms with Gasteiger partial charge >= 0.3 is 12.1 Å². The van der Waals surface area contributed by atoms with Crippen LogP contribution in [-0.2, 0) is 15.0 Å². The van der Waals surface area contributed by atoms with Gasteiger partial charge in [0.05, 0.1) is 37.5 Å². The van der Waals surface area contributed by atoms with Crippen molar-refractivity contribution < 1.29 is 46.9 Å². The second-order valence-electron chi connectivity index (χ2n) is 12.2. The summed E-state index contributed by atoms with van der Waals surface area (Å²) >= 11 is 0. The van der Waals surface area contributed by atoms with Crippen LogP contribution in [0.3, 0.4) is 0 Å². The lowest BCUT2D eigenvalue weighted by molar-refractivity contribution is -0.260. The minimum atomic E-state index is -5.08. The molecule has 0 radical (unpaired) electrons. The fourth-order valence-electron chi connectivity index (χ4n) is 5.58. The van der Waals surface area contributed by atoms with Crippen molar-refractivity contribution in [2.75, 3.05) is 19.0 Å². The number of amides is 2. The highest BCUT2D eigenvalue weighted by Gasteiger charge is 2.56. The molecule has 256 valence electrons. The van der Waals surface area contributed by atoms with E-state index in [0.29, 0.717) is 22.2 Å². The monoisotopic (exact) mass is 673 g/mol. The van der Waals surface area contributed by atoms with E-state index in [1.165, 1.54) is 56.1 Å². The van der Waals surface area contributed by atoms with E-state index in [-0.39, 0.29) is 22.6 Å². The molecule has 0 spiro atoms. The summed E-state index contributed by atoms with van der Waals surface area (Å²) in [6.07, 6.45) is -5.21. The third-order valence-corrected chi connectivity index (χ3v) is 7.94. The van der Waals surface area contributed by atoms with E-state index < -0.39 is 66.2 Å². The van der Waals surface area contributed by atoms with Crippen molar-refractivity contribution in [1.82, 2.24) is 15.1 Å². The lowest BCUT2D eigenvalue weighted by Gasteiger charge is -2.38. The van der Waals surface area contributed by atoms with Crippen LogP contribution in [0.2, 0.25) is 0 Å². The maximum absolute atomic E-state index is 14.5. The summed E-state index contributed by atoms with van der Waals surface area (Å²) in [5.41, 5.74) is 2.52. The first-order valence-electron chi connectivity index (χ1n) is 14.6. The van der Waals surface area contributed by atoms with E-state index in [9.17, 15) is 37.1 Å². The number of alkyl halides is 3. The summed E-state index contributed by atoms with van der Waals surface area (Å²) in [6, 6.07) is 11.4. The van der Waals surface area contributed by atoms with E-state index in [1.807, 2.05) is 0 Å². The lowest BCUT2D eigenvalue weighted by atomic mass is 9.74. The minimum absolute atomic E-state index is 0.0616. The number of methoxy groups -OCH3 is 1. The Morgan fingerprint density at radius 3 is 2.42 bits per heavy atom. The maximum Gasteiger partial charge on any atom is 0.418 e. The quantitative estimate of drug-likeness (QED) is 0.128. The number of nitrogens with one attached hydrogen (secondary N) is 2. The highest BCUT2D eigenvalue weighted by atomic mass is 19.4. The molecule has 4 rings (SSSR count). The number of hydrogen-bond donors (Lipinski definition) is 5. The van der Waals surface area contributed by atoms with E-state index in [0.717, 1.165) is 12.1 Å². The van der Waals surface area contributed by atoms with E-state index in [2.05, 4.69) is 15.7 Å². The van der Waals surface area contributed by atoms with Gasteiger partial charge in [-0.2, -0.15) is 18.3 Å². The number of anilines is 1. The number of nitrogens with zero attached hydrogens (tertiary/aromatic N) is 2. The number of nitrogens with two attached hydrogens (primary N) is 1.